The number of hydrogen-bond donors (Lipinski definition) is 0. The summed E-state index contributed by atoms with van der Waals surface area (Å²) in [6.07, 6.45) is 3.90. The molecule has 1 spiro atoms. The van der Waals surface area contributed by atoms with Gasteiger partial charge in [0.2, 0.25) is 0 Å². The first-order valence-corrected chi connectivity index (χ1v) is 10.00. The third-order valence-electron chi connectivity index (χ3n) is 5.69. The van der Waals surface area contributed by atoms with E-state index in [2.05, 4.69) is 23.2 Å². The van der Waals surface area contributed by atoms with E-state index < -0.39 is 0 Å². The molecule has 5 rings (SSSR count). The van der Waals surface area contributed by atoms with Gasteiger partial charge in [-0.3, -0.25) is 4.79 Å². The second-order valence-corrected chi connectivity index (χ2v) is 8.11. The zero-order chi connectivity index (χ0) is 17.6. The van der Waals surface area contributed by atoms with Crippen LogP contribution in [0.3, 0.4) is 0 Å². The minimum atomic E-state index is -0.104. The SMILES string of the molecule is O=C(c1ccc2ncsc2c1)N1CCC2(CCc3ccccc3O2)CC1. The molecule has 0 N–H and O–H groups in total. The lowest BCUT2D eigenvalue weighted by molar-refractivity contribution is -0.0106. The molecule has 26 heavy (non-hydrogen) atoms. The Morgan fingerprint density at radius 2 is 1.96 bits per heavy atom. The lowest BCUT2D eigenvalue weighted by Crippen LogP contribution is -2.51. The molecular weight excluding hydrogens is 344 g/mol. The minimum absolute atomic E-state index is 0.104. The van der Waals surface area contributed by atoms with Crippen LogP contribution in [0, 0.1) is 0 Å². The molecule has 3 aromatic rings. The molecule has 0 aliphatic carbocycles. The van der Waals surface area contributed by atoms with Gasteiger partial charge in [-0.15, -0.1) is 11.3 Å². The average Bonchev–Trinajstić information content (AvgIpc) is 3.16. The standard InChI is InChI=1S/C21H20N2O2S/c24-20(16-5-6-17-19(13-16)26-14-22-17)23-11-9-21(10-12-23)8-7-15-3-1-2-4-18(15)25-21/h1-6,13-14H,7-12H2. The van der Waals surface area contributed by atoms with Gasteiger partial charge in [0.1, 0.15) is 11.4 Å². The Morgan fingerprint density at radius 3 is 2.85 bits per heavy atom. The van der Waals surface area contributed by atoms with Gasteiger partial charge in [0, 0.05) is 31.5 Å². The Hall–Kier alpha value is -2.40. The van der Waals surface area contributed by atoms with E-state index in [9.17, 15) is 4.79 Å². The highest BCUT2D eigenvalue weighted by Gasteiger charge is 2.40. The maximum atomic E-state index is 12.9. The van der Waals surface area contributed by atoms with Crippen molar-refractivity contribution >= 4 is 27.5 Å². The van der Waals surface area contributed by atoms with E-state index in [1.165, 1.54) is 5.56 Å². The van der Waals surface area contributed by atoms with Crippen molar-refractivity contribution in [3.05, 3.63) is 59.1 Å². The molecule has 2 aliphatic heterocycles. The molecule has 0 unspecified atom stereocenters. The molecular formula is C21H20N2O2S. The molecule has 3 heterocycles. The van der Waals surface area contributed by atoms with E-state index in [1.807, 2.05) is 34.7 Å². The molecule has 5 heteroatoms. The molecule has 1 fully saturated rings. The lowest BCUT2D eigenvalue weighted by atomic mass is 9.83. The van der Waals surface area contributed by atoms with Crippen LogP contribution in [0.1, 0.15) is 35.2 Å². The molecule has 2 aromatic carbocycles. The molecule has 0 bridgehead atoms. The number of aromatic nitrogens is 1. The van der Waals surface area contributed by atoms with Crippen molar-refractivity contribution in [1.29, 1.82) is 0 Å². The summed E-state index contributed by atoms with van der Waals surface area (Å²) in [7, 11) is 0. The van der Waals surface area contributed by atoms with Crippen molar-refractivity contribution in [3.8, 4) is 5.75 Å². The maximum Gasteiger partial charge on any atom is 0.253 e. The molecule has 4 nitrogen and oxygen atoms in total. The average molecular weight is 364 g/mol. The zero-order valence-corrected chi connectivity index (χ0v) is 15.3. The first-order chi connectivity index (χ1) is 12.7. The summed E-state index contributed by atoms with van der Waals surface area (Å²) < 4.78 is 7.46. The number of piperidine rings is 1. The van der Waals surface area contributed by atoms with Crippen LogP contribution in [0.25, 0.3) is 10.2 Å². The van der Waals surface area contributed by atoms with E-state index in [0.29, 0.717) is 0 Å². The summed E-state index contributed by atoms with van der Waals surface area (Å²) in [6, 6.07) is 14.1. The number of carbonyl (C=O) groups excluding carboxylic acids is 1. The third kappa shape index (κ3) is 2.67. The Kier molecular flexibility index (Phi) is 3.71. The van der Waals surface area contributed by atoms with Crippen molar-refractivity contribution in [2.45, 2.75) is 31.3 Å². The predicted molar refractivity (Wildman–Crippen MR) is 103 cm³/mol. The second kappa shape index (κ2) is 6.09. The number of para-hydroxylation sites is 1. The predicted octanol–water partition coefficient (Wildman–Crippen LogP) is 4.30. The number of amides is 1. The molecule has 1 amide bonds. The Bertz CT molecular complexity index is 973. The first-order valence-electron chi connectivity index (χ1n) is 9.12. The molecule has 1 saturated heterocycles. The summed E-state index contributed by atoms with van der Waals surface area (Å²) in [5.74, 6) is 1.14. The number of fused-ring (bicyclic) bond motifs is 2. The number of aryl methyl sites for hydroxylation is 1. The number of hydrogen-bond acceptors (Lipinski definition) is 4. The van der Waals surface area contributed by atoms with Crippen LogP contribution in [-0.4, -0.2) is 34.5 Å². The maximum absolute atomic E-state index is 12.9. The largest absolute Gasteiger partial charge is 0.487 e. The number of rotatable bonds is 1. The summed E-state index contributed by atoms with van der Waals surface area (Å²) in [4.78, 5) is 19.2. The van der Waals surface area contributed by atoms with Gasteiger partial charge in [-0.1, -0.05) is 18.2 Å². The van der Waals surface area contributed by atoms with Gasteiger partial charge in [-0.25, -0.2) is 4.98 Å². The van der Waals surface area contributed by atoms with Crippen LogP contribution in [-0.2, 0) is 6.42 Å². The van der Waals surface area contributed by atoms with Crippen LogP contribution < -0.4 is 4.74 Å². The van der Waals surface area contributed by atoms with Crippen LogP contribution in [0.15, 0.2) is 48.0 Å². The van der Waals surface area contributed by atoms with E-state index in [4.69, 9.17) is 4.74 Å². The number of thiazole rings is 1. The minimum Gasteiger partial charge on any atom is -0.487 e. The van der Waals surface area contributed by atoms with Gasteiger partial charge in [0.15, 0.2) is 0 Å². The fourth-order valence-electron chi connectivity index (χ4n) is 4.10. The zero-order valence-electron chi connectivity index (χ0n) is 14.5. The van der Waals surface area contributed by atoms with Crippen molar-refractivity contribution in [3.63, 3.8) is 0 Å². The van der Waals surface area contributed by atoms with Crippen LogP contribution in [0.4, 0.5) is 0 Å². The molecule has 132 valence electrons. The topological polar surface area (TPSA) is 42.4 Å². The third-order valence-corrected chi connectivity index (χ3v) is 6.48. The van der Waals surface area contributed by atoms with Crippen molar-refractivity contribution in [1.82, 2.24) is 9.88 Å². The van der Waals surface area contributed by atoms with Crippen LogP contribution >= 0.6 is 11.3 Å². The molecule has 0 saturated carbocycles. The summed E-state index contributed by atoms with van der Waals surface area (Å²) in [5, 5.41) is 0. The Balaban J connectivity index is 1.30. The molecule has 1 aromatic heterocycles. The van der Waals surface area contributed by atoms with E-state index in [-0.39, 0.29) is 11.5 Å². The molecule has 0 atom stereocenters. The smallest absolute Gasteiger partial charge is 0.253 e. The quantitative estimate of drug-likeness (QED) is 0.647. The fourth-order valence-corrected chi connectivity index (χ4v) is 4.81. The summed E-state index contributed by atoms with van der Waals surface area (Å²) >= 11 is 1.57. The lowest BCUT2D eigenvalue weighted by Gasteiger charge is -2.44. The summed E-state index contributed by atoms with van der Waals surface area (Å²) in [5.41, 5.74) is 4.73. The van der Waals surface area contributed by atoms with Crippen molar-refractivity contribution < 1.29 is 9.53 Å². The van der Waals surface area contributed by atoms with Gasteiger partial charge in [-0.2, -0.15) is 0 Å². The molecule has 2 aliphatic rings. The van der Waals surface area contributed by atoms with Gasteiger partial charge in [-0.05, 0) is 42.7 Å². The Labute approximate surface area is 156 Å². The first kappa shape index (κ1) is 15.8. The van der Waals surface area contributed by atoms with Crippen LogP contribution in [0.5, 0.6) is 5.75 Å². The van der Waals surface area contributed by atoms with Crippen LogP contribution in [0.2, 0.25) is 0 Å². The monoisotopic (exact) mass is 364 g/mol. The number of likely N-dealkylation sites (tertiary alicyclic amines) is 1. The second-order valence-electron chi connectivity index (χ2n) is 7.22. The van der Waals surface area contributed by atoms with E-state index in [1.54, 1.807) is 11.3 Å². The highest BCUT2D eigenvalue weighted by molar-refractivity contribution is 7.16. The Morgan fingerprint density at radius 1 is 1.12 bits per heavy atom. The van der Waals surface area contributed by atoms with Gasteiger partial charge < -0.3 is 9.64 Å². The number of benzene rings is 2. The van der Waals surface area contributed by atoms with Gasteiger partial charge >= 0.3 is 0 Å². The van der Waals surface area contributed by atoms with Gasteiger partial charge in [0.25, 0.3) is 5.91 Å². The summed E-state index contributed by atoms with van der Waals surface area (Å²) in [6.45, 7) is 1.50. The highest BCUT2D eigenvalue weighted by atomic mass is 32.1. The molecule has 0 radical (unpaired) electrons. The normalized spacial score (nSPS) is 18.5. The highest BCUT2D eigenvalue weighted by Crippen LogP contribution is 2.39. The van der Waals surface area contributed by atoms with E-state index >= 15 is 0 Å². The van der Waals surface area contributed by atoms with E-state index in [0.717, 1.165) is 60.3 Å². The van der Waals surface area contributed by atoms with Crippen molar-refractivity contribution in [2.75, 3.05) is 13.1 Å². The number of carbonyl (C=O) groups is 1. The number of ether oxygens (including phenoxy) is 1. The number of nitrogens with zero attached hydrogens (tertiary/aromatic N) is 2. The van der Waals surface area contributed by atoms with Gasteiger partial charge in [0.05, 0.1) is 15.7 Å². The van der Waals surface area contributed by atoms with Crippen molar-refractivity contribution in [2.24, 2.45) is 0 Å². The fraction of sp³-hybridized carbons (Fsp3) is 0.333.